The van der Waals surface area contributed by atoms with Gasteiger partial charge in [-0.2, -0.15) is 24.4 Å². The van der Waals surface area contributed by atoms with Crippen molar-refractivity contribution in [2.75, 3.05) is 17.8 Å². The lowest BCUT2D eigenvalue weighted by Gasteiger charge is -2.23. The zero-order valence-corrected chi connectivity index (χ0v) is 17.3. The molecule has 4 unspecified atom stereocenters. The zero-order chi connectivity index (χ0) is 21.9. The second-order valence-electron chi connectivity index (χ2n) is 5.94. The molecule has 0 saturated carbocycles. The van der Waals surface area contributed by atoms with Crippen LogP contribution in [0.15, 0.2) is 0 Å². The predicted octanol–water partition coefficient (Wildman–Crippen LogP) is -2.57. The highest BCUT2D eigenvalue weighted by molar-refractivity contribution is 7.98. The van der Waals surface area contributed by atoms with Crippen LogP contribution in [0.1, 0.15) is 19.8 Å². The van der Waals surface area contributed by atoms with Gasteiger partial charge >= 0.3 is 5.97 Å². The molecule has 8 N–H and O–H groups in total. The third kappa shape index (κ3) is 9.80. The number of carbonyl (C=O) groups excluding carboxylic acids is 4. The van der Waals surface area contributed by atoms with Crippen molar-refractivity contribution in [3.63, 3.8) is 0 Å². The molecule has 11 nitrogen and oxygen atoms in total. The molecule has 0 aromatic rings. The molecule has 13 heteroatoms. The fraction of sp³-hybridized carbons (Fsp3) is 0.667. The van der Waals surface area contributed by atoms with E-state index in [1.165, 1.54) is 18.7 Å². The van der Waals surface area contributed by atoms with Gasteiger partial charge in [0.05, 0.1) is 12.5 Å². The van der Waals surface area contributed by atoms with Crippen LogP contribution in [0.5, 0.6) is 0 Å². The first-order valence-electron chi connectivity index (χ1n) is 8.31. The number of hydrogen-bond donors (Lipinski definition) is 7. The maximum Gasteiger partial charge on any atom is 0.326 e. The Labute approximate surface area is 172 Å². The molecule has 28 heavy (non-hydrogen) atoms. The number of hydrogen-bond acceptors (Lipinski definition) is 8. The molecule has 0 radical (unpaired) electrons. The summed E-state index contributed by atoms with van der Waals surface area (Å²) in [5, 5.41) is 16.1. The van der Waals surface area contributed by atoms with Crippen molar-refractivity contribution in [1.82, 2.24) is 16.0 Å². The average Bonchev–Trinajstić information content (AvgIpc) is 2.61. The number of rotatable bonds is 13. The molecule has 0 fully saturated rings. The first-order valence-corrected chi connectivity index (χ1v) is 10.3. The van der Waals surface area contributed by atoms with E-state index < -0.39 is 60.2 Å². The molecular formula is C15H27N5O6S2. The molecule has 0 heterocycles. The molecule has 160 valence electrons. The molecule has 4 atom stereocenters. The summed E-state index contributed by atoms with van der Waals surface area (Å²) < 4.78 is 0. The van der Waals surface area contributed by atoms with E-state index in [2.05, 4.69) is 28.6 Å². The molecule has 0 rings (SSSR count). The van der Waals surface area contributed by atoms with E-state index in [0.29, 0.717) is 5.75 Å². The van der Waals surface area contributed by atoms with Gasteiger partial charge in [-0.1, -0.05) is 0 Å². The van der Waals surface area contributed by atoms with Gasteiger partial charge in [-0.05, 0) is 25.4 Å². The number of nitrogens with two attached hydrogens (primary N) is 2. The summed E-state index contributed by atoms with van der Waals surface area (Å²) in [6.45, 7) is 1.39. The van der Waals surface area contributed by atoms with Gasteiger partial charge in [0, 0.05) is 5.75 Å². The average molecular weight is 438 g/mol. The van der Waals surface area contributed by atoms with Crippen LogP contribution in [0.4, 0.5) is 0 Å². The van der Waals surface area contributed by atoms with E-state index in [1.807, 2.05) is 0 Å². The minimum atomic E-state index is -1.34. The third-order valence-electron chi connectivity index (χ3n) is 3.49. The Morgan fingerprint density at radius 3 is 1.93 bits per heavy atom. The van der Waals surface area contributed by atoms with Crippen molar-refractivity contribution in [2.45, 2.75) is 43.9 Å². The Kier molecular flexibility index (Phi) is 12.3. The summed E-state index contributed by atoms with van der Waals surface area (Å²) in [6, 6.07) is -4.58. The number of carbonyl (C=O) groups is 5. The predicted molar refractivity (Wildman–Crippen MR) is 108 cm³/mol. The first-order chi connectivity index (χ1) is 13.0. The van der Waals surface area contributed by atoms with E-state index >= 15 is 0 Å². The lowest BCUT2D eigenvalue weighted by atomic mass is 10.1. The highest BCUT2D eigenvalue weighted by Crippen LogP contribution is 2.03. The number of thioether (sulfide) groups is 1. The van der Waals surface area contributed by atoms with E-state index in [1.54, 1.807) is 6.26 Å². The van der Waals surface area contributed by atoms with Crippen molar-refractivity contribution >= 4 is 54.0 Å². The summed E-state index contributed by atoms with van der Waals surface area (Å²) in [4.78, 5) is 58.9. The standard InChI is InChI=1S/C15H27N5O6S2/c1-7(16)12(22)19-9(5-11(17)21)13(23)20-10(6-27)14(24)18-8(15(25)26)3-4-28-2/h7-10,27H,3-6,16H2,1-2H3,(H2,17,21)(H,18,24)(H,19,22)(H,20,23)(H,25,26). The third-order valence-corrected chi connectivity index (χ3v) is 4.50. The Morgan fingerprint density at radius 1 is 1.00 bits per heavy atom. The number of carboxylic acid groups (broad SMARTS) is 1. The second kappa shape index (κ2) is 13.2. The van der Waals surface area contributed by atoms with Crippen LogP contribution < -0.4 is 27.4 Å². The molecule has 4 amide bonds. The molecule has 0 bridgehead atoms. The van der Waals surface area contributed by atoms with Gasteiger partial charge in [-0.15, -0.1) is 0 Å². The fourth-order valence-electron chi connectivity index (χ4n) is 1.95. The van der Waals surface area contributed by atoms with Crippen molar-refractivity contribution in [2.24, 2.45) is 11.5 Å². The number of nitrogens with one attached hydrogen (secondary N) is 3. The lowest BCUT2D eigenvalue weighted by Crippen LogP contribution is -2.58. The summed E-state index contributed by atoms with van der Waals surface area (Å²) in [7, 11) is 0. The molecule has 0 aliphatic rings. The zero-order valence-electron chi connectivity index (χ0n) is 15.6. The second-order valence-corrected chi connectivity index (χ2v) is 7.30. The van der Waals surface area contributed by atoms with E-state index in [4.69, 9.17) is 11.5 Å². The number of carboxylic acids is 1. The number of primary amides is 1. The van der Waals surface area contributed by atoms with Crippen molar-refractivity contribution in [1.29, 1.82) is 0 Å². The topological polar surface area (TPSA) is 194 Å². The normalized spacial score (nSPS) is 14.9. The first kappa shape index (κ1) is 26.0. The number of thiol groups is 1. The Morgan fingerprint density at radius 2 is 1.50 bits per heavy atom. The molecule has 0 spiro atoms. The molecular weight excluding hydrogens is 410 g/mol. The largest absolute Gasteiger partial charge is 0.480 e. The summed E-state index contributed by atoms with van der Waals surface area (Å²) in [5.74, 6) is -3.97. The van der Waals surface area contributed by atoms with Crippen LogP contribution in [-0.4, -0.2) is 76.6 Å². The lowest BCUT2D eigenvalue weighted by molar-refractivity contribution is -0.142. The Balaban J connectivity index is 5.12. The minimum Gasteiger partial charge on any atom is -0.480 e. The SMILES string of the molecule is CSCCC(NC(=O)C(CS)NC(=O)C(CC(N)=O)NC(=O)C(C)N)C(=O)O. The summed E-state index contributed by atoms with van der Waals surface area (Å²) >= 11 is 5.41. The van der Waals surface area contributed by atoms with Crippen LogP contribution in [-0.2, 0) is 24.0 Å². The minimum absolute atomic E-state index is 0.142. The summed E-state index contributed by atoms with van der Waals surface area (Å²) in [6.07, 6.45) is 1.49. The molecule has 0 aliphatic carbocycles. The smallest absolute Gasteiger partial charge is 0.326 e. The molecule has 0 saturated heterocycles. The van der Waals surface area contributed by atoms with Crippen LogP contribution in [0, 0.1) is 0 Å². The van der Waals surface area contributed by atoms with E-state index in [-0.39, 0.29) is 12.2 Å². The molecule has 0 aromatic heterocycles. The van der Waals surface area contributed by atoms with Gasteiger partial charge in [0.1, 0.15) is 18.1 Å². The van der Waals surface area contributed by atoms with Gasteiger partial charge in [0.25, 0.3) is 0 Å². The maximum absolute atomic E-state index is 12.4. The van der Waals surface area contributed by atoms with Gasteiger partial charge in [0.2, 0.25) is 23.6 Å². The summed E-state index contributed by atoms with van der Waals surface area (Å²) in [5.41, 5.74) is 10.5. The molecule has 0 aliphatic heterocycles. The van der Waals surface area contributed by atoms with Crippen molar-refractivity contribution in [3.8, 4) is 0 Å². The van der Waals surface area contributed by atoms with Crippen LogP contribution in [0.3, 0.4) is 0 Å². The Bertz CT molecular complexity index is 589. The number of amides is 4. The van der Waals surface area contributed by atoms with Gasteiger partial charge in [-0.3, -0.25) is 19.2 Å². The van der Waals surface area contributed by atoms with Crippen molar-refractivity contribution < 1.29 is 29.1 Å². The Hall–Kier alpha value is -1.99. The van der Waals surface area contributed by atoms with Crippen molar-refractivity contribution in [3.05, 3.63) is 0 Å². The maximum atomic E-state index is 12.4. The number of aliphatic carboxylic acids is 1. The van der Waals surface area contributed by atoms with Gasteiger partial charge in [-0.25, -0.2) is 4.79 Å². The quantitative estimate of drug-likeness (QED) is 0.153. The van der Waals surface area contributed by atoms with Gasteiger partial charge < -0.3 is 32.5 Å². The molecule has 0 aromatic carbocycles. The van der Waals surface area contributed by atoms with E-state index in [0.717, 1.165) is 0 Å². The highest BCUT2D eigenvalue weighted by atomic mass is 32.2. The monoisotopic (exact) mass is 437 g/mol. The van der Waals surface area contributed by atoms with E-state index in [9.17, 15) is 29.1 Å². The fourth-order valence-corrected chi connectivity index (χ4v) is 2.67. The highest BCUT2D eigenvalue weighted by Gasteiger charge is 2.29. The van der Waals surface area contributed by atoms with Crippen LogP contribution in [0.2, 0.25) is 0 Å². The van der Waals surface area contributed by atoms with Crippen LogP contribution in [0.25, 0.3) is 0 Å². The van der Waals surface area contributed by atoms with Gasteiger partial charge in [0.15, 0.2) is 0 Å². The van der Waals surface area contributed by atoms with Crippen LogP contribution >= 0.6 is 24.4 Å².